The van der Waals surface area contributed by atoms with Crippen LogP contribution in [0.25, 0.3) is 49.4 Å². The van der Waals surface area contributed by atoms with E-state index in [-0.39, 0.29) is 5.41 Å². The monoisotopic (exact) mass is 656 g/mol. The lowest BCUT2D eigenvalue weighted by molar-refractivity contribution is 0.117. The number of nitrogens with zero attached hydrogens (tertiary/aromatic N) is 2. The van der Waals surface area contributed by atoms with Gasteiger partial charge in [0, 0.05) is 38.6 Å². The van der Waals surface area contributed by atoms with Gasteiger partial charge in [0.15, 0.2) is 0 Å². The highest BCUT2D eigenvalue weighted by atomic mass is 15.1. The van der Waals surface area contributed by atoms with Crippen molar-refractivity contribution in [2.24, 2.45) is 11.8 Å². The predicted molar refractivity (Wildman–Crippen MR) is 214 cm³/mol. The molecule has 51 heavy (non-hydrogen) atoms. The summed E-state index contributed by atoms with van der Waals surface area (Å²) in [7, 11) is 0. The van der Waals surface area contributed by atoms with Gasteiger partial charge in [0.2, 0.25) is 0 Å². The van der Waals surface area contributed by atoms with E-state index in [4.69, 9.17) is 0 Å². The lowest BCUT2D eigenvalue weighted by atomic mass is 9.55. The predicted octanol–water partition coefficient (Wildman–Crippen LogP) is 13.3. The van der Waals surface area contributed by atoms with Gasteiger partial charge in [-0.25, -0.2) is 0 Å². The number of rotatable bonds is 4. The van der Waals surface area contributed by atoms with Crippen molar-refractivity contribution in [3.05, 3.63) is 169 Å². The smallest absolute Gasteiger partial charge is 0.0542 e. The zero-order valence-electron chi connectivity index (χ0n) is 28.8. The van der Waals surface area contributed by atoms with Gasteiger partial charge >= 0.3 is 0 Å². The molecule has 8 aromatic rings. The van der Waals surface area contributed by atoms with Gasteiger partial charge in [-0.05, 0) is 120 Å². The van der Waals surface area contributed by atoms with Crippen LogP contribution in [0, 0.1) is 11.8 Å². The molecule has 7 aromatic carbocycles. The molecule has 2 saturated carbocycles. The maximum Gasteiger partial charge on any atom is 0.0542 e. The summed E-state index contributed by atoms with van der Waals surface area (Å²) in [5.41, 5.74) is 13.4. The van der Waals surface area contributed by atoms with Crippen molar-refractivity contribution in [2.75, 3.05) is 4.90 Å². The van der Waals surface area contributed by atoms with Crippen molar-refractivity contribution in [1.29, 1.82) is 0 Å². The van der Waals surface area contributed by atoms with Crippen LogP contribution in [0.3, 0.4) is 0 Å². The second kappa shape index (κ2) is 11.2. The molecule has 3 aliphatic rings. The van der Waals surface area contributed by atoms with Gasteiger partial charge in [-0.15, -0.1) is 0 Å². The van der Waals surface area contributed by atoms with Crippen molar-refractivity contribution in [2.45, 2.75) is 43.9 Å². The molecule has 3 atom stereocenters. The highest BCUT2D eigenvalue weighted by molar-refractivity contribution is 6.11. The molecular weight excluding hydrogens is 617 g/mol. The van der Waals surface area contributed by atoms with Crippen LogP contribution >= 0.6 is 0 Å². The van der Waals surface area contributed by atoms with Crippen LogP contribution < -0.4 is 4.90 Å². The molecule has 3 unspecified atom stereocenters. The van der Waals surface area contributed by atoms with Gasteiger partial charge in [0.1, 0.15) is 0 Å². The molecule has 3 aliphatic carbocycles. The number of para-hydroxylation sites is 2. The van der Waals surface area contributed by atoms with Gasteiger partial charge in [-0.2, -0.15) is 0 Å². The molecule has 0 aliphatic heterocycles. The quantitative estimate of drug-likeness (QED) is 0.183. The van der Waals surface area contributed by atoms with Gasteiger partial charge < -0.3 is 9.47 Å². The molecule has 2 nitrogen and oxygen atoms in total. The molecule has 2 bridgehead atoms. The van der Waals surface area contributed by atoms with E-state index in [1.54, 1.807) is 11.1 Å². The number of aromatic nitrogens is 1. The number of hydrogen-bond donors (Lipinski definition) is 0. The Morgan fingerprint density at radius 3 is 2.20 bits per heavy atom. The Kier molecular flexibility index (Phi) is 6.41. The average molecular weight is 657 g/mol. The number of hydrogen-bond acceptors (Lipinski definition) is 1. The third-order valence-corrected chi connectivity index (χ3v) is 12.8. The fourth-order valence-electron chi connectivity index (χ4n) is 10.7. The minimum atomic E-state index is 0.0936. The van der Waals surface area contributed by atoms with Crippen LogP contribution in [0.2, 0.25) is 0 Å². The first-order valence-corrected chi connectivity index (χ1v) is 18.9. The Labute approximate surface area is 299 Å². The molecule has 0 radical (unpaired) electrons. The van der Waals surface area contributed by atoms with Crippen LogP contribution in [0.1, 0.15) is 49.7 Å². The van der Waals surface area contributed by atoms with E-state index in [1.165, 1.54) is 105 Å². The highest BCUT2D eigenvalue weighted by Crippen LogP contribution is 2.62. The standard InChI is InChI=1S/C49H40N2/c1-2-16-36(17-3-1)51-47-22-9-7-20-42(47)43-31-37(25-27-48(43)51)50(46-23-11-14-34-13-4-5-18-39(34)46)38-24-26-41-40-19-6-8-21-44(40)49(45(41)32-38)29-28-33-12-10-15-35(49)30-33/h1-9,11,13-14,16-27,31-33,35H,10,12,15,28-30H2. The first-order chi connectivity index (χ1) is 25.3. The van der Waals surface area contributed by atoms with Crippen LogP contribution in [0.5, 0.6) is 0 Å². The Balaban J connectivity index is 1.16. The Morgan fingerprint density at radius 1 is 0.529 bits per heavy atom. The second-order valence-electron chi connectivity index (χ2n) is 15.2. The summed E-state index contributed by atoms with van der Waals surface area (Å²) in [4.78, 5) is 2.54. The average Bonchev–Trinajstić information content (AvgIpc) is 3.67. The zero-order chi connectivity index (χ0) is 33.5. The molecule has 2 fully saturated rings. The Hall–Kier alpha value is -5.60. The van der Waals surface area contributed by atoms with E-state index in [0.29, 0.717) is 5.92 Å². The lowest BCUT2D eigenvalue weighted by Gasteiger charge is -2.49. The first kappa shape index (κ1) is 29.2. The van der Waals surface area contributed by atoms with E-state index >= 15 is 0 Å². The third-order valence-electron chi connectivity index (χ3n) is 12.8. The largest absolute Gasteiger partial charge is 0.310 e. The summed E-state index contributed by atoms with van der Waals surface area (Å²) in [5, 5.41) is 5.06. The summed E-state index contributed by atoms with van der Waals surface area (Å²) in [5.74, 6) is 1.60. The lowest BCUT2D eigenvalue weighted by Crippen LogP contribution is -2.42. The van der Waals surface area contributed by atoms with Gasteiger partial charge in [-0.1, -0.05) is 116 Å². The molecule has 2 heteroatoms. The summed E-state index contributed by atoms with van der Waals surface area (Å²) in [6, 6.07) is 59.2. The minimum Gasteiger partial charge on any atom is -0.310 e. The van der Waals surface area contributed by atoms with Crippen LogP contribution in [-0.2, 0) is 5.41 Å². The zero-order valence-corrected chi connectivity index (χ0v) is 28.8. The fourth-order valence-corrected chi connectivity index (χ4v) is 10.7. The number of fused-ring (bicyclic) bond motifs is 12. The van der Waals surface area contributed by atoms with Crippen molar-refractivity contribution < 1.29 is 0 Å². The van der Waals surface area contributed by atoms with Gasteiger partial charge in [-0.3, -0.25) is 0 Å². The van der Waals surface area contributed by atoms with Crippen molar-refractivity contribution in [3.8, 4) is 16.8 Å². The van der Waals surface area contributed by atoms with Crippen molar-refractivity contribution in [3.63, 3.8) is 0 Å². The Bertz CT molecular complexity index is 2620. The van der Waals surface area contributed by atoms with E-state index < -0.39 is 0 Å². The molecule has 246 valence electrons. The van der Waals surface area contributed by atoms with Crippen LogP contribution in [-0.4, -0.2) is 4.57 Å². The molecule has 1 heterocycles. The van der Waals surface area contributed by atoms with E-state index in [2.05, 4.69) is 167 Å². The topological polar surface area (TPSA) is 8.17 Å². The van der Waals surface area contributed by atoms with Gasteiger partial charge in [0.05, 0.1) is 16.7 Å². The van der Waals surface area contributed by atoms with Crippen molar-refractivity contribution in [1.82, 2.24) is 4.57 Å². The number of benzene rings is 7. The third kappa shape index (κ3) is 4.23. The van der Waals surface area contributed by atoms with Crippen LogP contribution in [0.15, 0.2) is 158 Å². The minimum absolute atomic E-state index is 0.0936. The maximum absolute atomic E-state index is 2.60. The molecule has 0 saturated heterocycles. The molecule has 1 aromatic heterocycles. The molecule has 1 spiro atoms. The highest BCUT2D eigenvalue weighted by Gasteiger charge is 2.52. The SMILES string of the molecule is c1ccc(-n2c3ccccc3c3cc(N(c4ccc5c(c4)C4(CCC6CCCC4C6)c4ccccc4-5)c4cccc5ccccc45)ccc32)cc1. The van der Waals surface area contributed by atoms with E-state index in [0.717, 1.165) is 5.92 Å². The maximum atomic E-state index is 2.60. The molecule has 0 N–H and O–H groups in total. The van der Waals surface area contributed by atoms with Crippen molar-refractivity contribution >= 4 is 49.6 Å². The summed E-state index contributed by atoms with van der Waals surface area (Å²) < 4.78 is 2.41. The summed E-state index contributed by atoms with van der Waals surface area (Å²) in [6.07, 6.45) is 8.09. The number of anilines is 3. The van der Waals surface area contributed by atoms with Gasteiger partial charge in [0.25, 0.3) is 0 Å². The summed E-state index contributed by atoms with van der Waals surface area (Å²) in [6.45, 7) is 0. The Morgan fingerprint density at radius 2 is 1.25 bits per heavy atom. The van der Waals surface area contributed by atoms with E-state index in [9.17, 15) is 0 Å². The van der Waals surface area contributed by atoms with E-state index in [1.807, 2.05) is 0 Å². The first-order valence-electron chi connectivity index (χ1n) is 18.9. The normalized spacial score (nSPS) is 20.5. The second-order valence-corrected chi connectivity index (χ2v) is 15.2. The summed E-state index contributed by atoms with van der Waals surface area (Å²) >= 11 is 0. The molecule has 0 amide bonds. The molecular formula is C49H40N2. The molecule has 11 rings (SSSR count). The fraction of sp³-hybridized carbons (Fsp3) is 0.184. The van der Waals surface area contributed by atoms with Crippen LogP contribution in [0.4, 0.5) is 17.1 Å².